The molecule has 2 amide bonds. The summed E-state index contributed by atoms with van der Waals surface area (Å²) < 4.78 is 39.9. The number of amides is 2. The largest absolute Gasteiger partial charge is 0.418 e. The minimum atomic E-state index is -4.57. The summed E-state index contributed by atoms with van der Waals surface area (Å²) in [6, 6.07) is 7.67. The molecular weight excluding hydrogens is 311 g/mol. The van der Waals surface area contributed by atoms with E-state index >= 15 is 0 Å². The Hall–Kier alpha value is -2.90. The predicted molar refractivity (Wildman–Crippen MR) is 75.2 cm³/mol. The number of nitrogens with two attached hydrogens (primary N) is 1. The van der Waals surface area contributed by atoms with Crippen molar-refractivity contribution in [1.29, 1.82) is 0 Å². The molecular formula is C15H13F3N3O2+. The van der Waals surface area contributed by atoms with Crippen LogP contribution in [0.5, 0.6) is 0 Å². The lowest BCUT2D eigenvalue weighted by Gasteiger charge is -2.12. The maximum Gasteiger partial charge on any atom is 0.418 e. The molecule has 0 unspecified atom stereocenters. The van der Waals surface area contributed by atoms with E-state index in [0.717, 1.165) is 6.07 Å². The average Bonchev–Trinajstić information content (AvgIpc) is 2.46. The number of aromatic nitrogens is 1. The number of primary amides is 1. The first kappa shape index (κ1) is 16.5. The molecule has 0 aliphatic rings. The minimum absolute atomic E-state index is 0.191. The van der Waals surface area contributed by atoms with Gasteiger partial charge in [0.25, 0.3) is 11.8 Å². The van der Waals surface area contributed by atoms with Crippen LogP contribution in [0.1, 0.15) is 15.9 Å². The maximum absolute atomic E-state index is 12.9. The molecule has 0 radical (unpaired) electrons. The van der Waals surface area contributed by atoms with Crippen molar-refractivity contribution in [3.8, 4) is 0 Å². The standard InChI is InChI=1S/C15H12F3N3O2/c16-15(17,18)11-5-1-2-6-12(11)20-13(22)9-21-7-3-4-10(8-21)14(19)23/h1-8H,9H2,(H2-,19,20,22,23)/p+1. The second kappa shape index (κ2) is 6.47. The van der Waals surface area contributed by atoms with E-state index in [4.69, 9.17) is 5.73 Å². The van der Waals surface area contributed by atoms with Crippen LogP contribution in [-0.2, 0) is 17.5 Å². The summed E-state index contributed by atoms with van der Waals surface area (Å²) in [6.45, 7) is -0.257. The molecule has 0 spiro atoms. The van der Waals surface area contributed by atoms with Gasteiger partial charge >= 0.3 is 6.18 Å². The quantitative estimate of drug-likeness (QED) is 0.841. The van der Waals surface area contributed by atoms with Gasteiger partial charge in [-0.2, -0.15) is 17.7 Å². The third kappa shape index (κ3) is 4.29. The number of nitrogens with one attached hydrogen (secondary N) is 1. The fraction of sp³-hybridized carbons (Fsp3) is 0.133. The Balaban J connectivity index is 2.15. The molecule has 2 rings (SSSR count). The Morgan fingerprint density at radius 2 is 1.83 bits per heavy atom. The van der Waals surface area contributed by atoms with Gasteiger partial charge in [0.1, 0.15) is 5.56 Å². The van der Waals surface area contributed by atoms with E-state index in [-0.39, 0.29) is 17.8 Å². The lowest BCUT2D eigenvalue weighted by Crippen LogP contribution is -2.40. The van der Waals surface area contributed by atoms with Crippen LogP contribution in [0, 0.1) is 0 Å². The van der Waals surface area contributed by atoms with Crippen molar-refractivity contribution in [2.75, 3.05) is 5.32 Å². The van der Waals surface area contributed by atoms with Crippen molar-refractivity contribution in [2.45, 2.75) is 12.7 Å². The van der Waals surface area contributed by atoms with Gasteiger partial charge in [-0.05, 0) is 18.2 Å². The van der Waals surface area contributed by atoms with E-state index in [0.29, 0.717) is 0 Å². The number of carbonyl (C=O) groups is 2. The monoisotopic (exact) mass is 324 g/mol. The zero-order valence-corrected chi connectivity index (χ0v) is 11.8. The highest BCUT2D eigenvalue weighted by atomic mass is 19.4. The first-order valence-electron chi connectivity index (χ1n) is 6.52. The van der Waals surface area contributed by atoms with E-state index in [1.807, 2.05) is 0 Å². The number of anilines is 1. The Morgan fingerprint density at radius 3 is 2.48 bits per heavy atom. The zero-order chi connectivity index (χ0) is 17.0. The summed E-state index contributed by atoms with van der Waals surface area (Å²) in [7, 11) is 0. The van der Waals surface area contributed by atoms with E-state index < -0.39 is 23.6 Å². The number of benzene rings is 1. The van der Waals surface area contributed by atoms with Crippen molar-refractivity contribution in [1.82, 2.24) is 0 Å². The molecule has 120 valence electrons. The second-order valence-electron chi connectivity index (χ2n) is 4.72. The fourth-order valence-electron chi connectivity index (χ4n) is 1.96. The van der Waals surface area contributed by atoms with Crippen LogP contribution in [0.15, 0.2) is 48.8 Å². The topological polar surface area (TPSA) is 76.1 Å². The van der Waals surface area contributed by atoms with Crippen LogP contribution in [0.3, 0.4) is 0 Å². The van der Waals surface area contributed by atoms with Crippen molar-refractivity contribution in [3.63, 3.8) is 0 Å². The van der Waals surface area contributed by atoms with Gasteiger partial charge in [-0.1, -0.05) is 12.1 Å². The molecule has 5 nitrogen and oxygen atoms in total. The molecule has 0 aliphatic carbocycles. The molecule has 1 aromatic carbocycles. The summed E-state index contributed by atoms with van der Waals surface area (Å²) in [5, 5.41) is 2.22. The Labute approximate surface area is 129 Å². The van der Waals surface area contributed by atoms with Crippen LogP contribution >= 0.6 is 0 Å². The highest BCUT2D eigenvalue weighted by Gasteiger charge is 2.33. The normalized spacial score (nSPS) is 11.1. The maximum atomic E-state index is 12.9. The van der Waals surface area contributed by atoms with E-state index in [9.17, 15) is 22.8 Å². The van der Waals surface area contributed by atoms with Gasteiger partial charge in [-0.25, -0.2) is 0 Å². The van der Waals surface area contributed by atoms with Gasteiger partial charge in [0.2, 0.25) is 6.54 Å². The number of para-hydroxylation sites is 1. The van der Waals surface area contributed by atoms with Crippen LogP contribution in [0.25, 0.3) is 0 Å². The second-order valence-corrected chi connectivity index (χ2v) is 4.72. The van der Waals surface area contributed by atoms with Crippen molar-refractivity contribution in [3.05, 3.63) is 59.9 Å². The first-order chi connectivity index (χ1) is 10.8. The summed E-state index contributed by atoms with van der Waals surface area (Å²) in [6.07, 6.45) is -1.72. The lowest BCUT2D eigenvalue weighted by molar-refractivity contribution is -0.684. The van der Waals surface area contributed by atoms with Crippen LogP contribution in [0.4, 0.5) is 18.9 Å². The van der Waals surface area contributed by atoms with E-state index in [2.05, 4.69) is 5.32 Å². The third-order valence-corrected chi connectivity index (χ3v) is 2.98. The van der Waals surface area contributed by atoms with Crippen LogP contribution in [0.2, 0.25) is 0 Å². The fourth-order valence-corrected chi connectivity index (χ4v) is 1.96. The van der Waals surface area contributed by atoms with E-state index in [1.165, 1.54) is 47.3 Å². The number of nitrogens with zero attached hydrogens (tertiary/aromatic N) is 1. The van der Waals surface area contributed by atoms with Gasteiger partial charge in [-0.3, -0.25) is 9.59 Å². The number of pyridine rings is 1. The summed E-state index contributed by atoms with van der Waals surface area (Å²) in [5.41, 5.74) is 4.07. The molecule has 0 saturated heterocycles. The van der Waals surface area contributed by atoms with Gasteiger partial charge in [0, 0.05) is 6.07 Å². The molecule has 2 aromatic rings. The highest BCUT2D eigenvalue weighted by molar-refractivity contribution is 5.92. The molecule has 0 bridgehead atoms. The molecule has 1 aromatic heterocycles. The predicted octanol–water partition coefficient (Wildman–Crippen LogP) is 1.73. The number of hydrogen-bond donors (Lipinski definition) is 2. The van der Waals surface area contributed by atoms with Crippen molar-refractivity contribution in [2.24, 2.45) is 5.73 Å². The third-order valence-electron chi connectivity index (χ3n) is 2.98. The molecule has 0 fully saturated rings. The molecule has 0 aliphatic heterocycles. The van der Waals surface area contributed by atoms with Gasteiger partial charge in [0.15, 0.2) is 12.4 Å². The van der Waals surface area contributed by atoms with Gasteiger partial charge < -0.3 is 11.1 Å². The SMILES string of the molecule is NC(=O)c1ccc[n+](CC(=O)Nc2ccccc2C(F)(F)F)c1. The van der Waals surface area contributed by atoms with Crippen molar-refractivity contribution >= 4 is 17.5 Å². The number of alkyl halides is 3. The molecule has 8 heteroatoms. The Kier molecular flexibility index (Phi) is 4.63. The Bertz CT molecular complexity index is 745. The van der Waals surface area contributed by atoms with E-state index in [1.54, 1.807) is 0 Å². The van der Waals surface area contributed by atoms with Crippen LogP contribution < -0.4 is 15.6 Å². The molecule has 0 saturated carbocycles. The minimum Gasteiger partial charge on any atom is -0.365 e. The summed E-state index contributed by atoms with van der Waals surface area (Å²) in [5.74, 6) is -1.32. The zero-order valence-electron chi connectivity index (χ0n) is 11.8. The number of halogens is 3. The smallest absolute Gasteiger partial charge is 0.365 e. The highest BCUT2D eigenvalue weighted by Crippen LogP contribution is 2.34. The molecule has 3 N–H and O–H groups in total. The van der Waals surface area contributed by atoms with Crippen molar-refractivity contribution < 1.29 is 27.3 Å². The number of carbonyl (C=O) groups excluding carboxylic acids is 2. The first-order valence-corrected chi connectivity index (χ1v) is 6.52. The Morgan fingerprint density at radius 1 is 1.13 bits per heavy atom. The number of hydrogen-bond acceptors (Lipinski definition) is 2. The summed E-state index contributed by atoms with van der Waals surface area (Å²) >= 11 is 0. The average molecular weight is 324 g/mol. The van der Waals surface area contributed by atoms with Crippen LogP contribution in [-0.4, -0.2) is 11.8 Å². The number of rotatable bonds is 4. The summed E-state index contributed by atoms with van der Waals surface area (Å²) in [4.78, 5) is 23.0. The molecule has 1 heterocycles. The molecule has 23 heavy (non-hydrogen) atoms. The lowest BCUT2D eigenvalue weighted by atomic mass is 10.1. The van der Waals surface area contributed by atoms with Gasteiger partial charge in [0.05, 0.1) is 11.3 Å². The molecule has 0 atom stereocenters. The van der Waals surface area contributed by atoms with Gasteiger partial charge in [-0.15, -0.1) is 0 Å².